The molecule has 0 heterocycles. The van der Waals surface area contributed by atoms with E-state index in [9.17, 15) is 8.78 Å². The summed E-state index contributed by atoms with van der Waals surface area (Å²) in [5.41, 5.74) is 0.734. The lowest BCUT2D eigenvalue weighted by molar-refractivity contribution is -0.0285. The van der Waals surface area contributed by atoms with Gasteiger partial charge in [0.25, 0.3) is 5.92 Å². The van der Waals surface area contributed by atoms with Crippen molar-refractivity contribution >= 4 is 0 Å². The van der Waals surface area contributed by atoms with Crippen molar-refractivity contribution in [1.82, 2.24) is 0 Å². The Morgan fingerprint density at radius 1 is 1.21 bits per heavy atom. The summed E-state index contributed by atoms with van der Waals surface area (Å²) in [6.07, 6.45) is 1.24. The van der Waals surface area contributed by atoms with Crippen molar-refractivity contribution in [3.8, 4) is 0 Å². The van der Waals surface area contributed by atoms with Crippen LogP contribution < -0.4 is 0 Å². The molecule has 0 amide bonds. The fraction of sp³-hybridized carbons (Fsp3) is 0.455. The first-order valence-electron chi connectivity index (χ1n) is 4.72. The molecule has 1 aliphatic carbocycles. The predicted molar refractivity (Wildman–Crippen MR) is 49.0 cm³/mol. The van der Waals surface area contributed by atoms with E-state index in [2.05, 4.69) is 0 Å². The summed E-state index contributed by atoms with van der Waals surface area (Å²) >= 11 is 0. The van der Waals surface area contributed by atoms with Crippen LogP contribution in [0.5, 0.6) is 0 Å². The maximum atomic E-state index is 13.5. The first kappa shape index (κ1) is 9.59. The van der Waals surface area contributed by atoms with Crippen LogP contribution in [-0.2, 0) is 12.5 Å². The topological polar surface area (TPSA) is 20.2 Å². The number of hydrogen-bond acceptors (Lipinski definition) is 1. The van der Waals surface area contributed by atoms with E-state index in [0.29, 0.717) is 18.4 Å². The summed E-state index contributed by atoms with van der Waals surface area (Å²) in [4.78, 5) is 0. The van der Waals surface area contributed by atoms with Gasteiger partial charge in [0, 0.05) is 11.5 Å². The highest BCUT2D eigenvalue weighted by Crippen LogP contribution is 2.49. The number of rotatable bonds is 3. The van der Waals surface area contributed by atoms with E-state index in [1.807, 2.05) is 0 Å². The number of aliphatic hydroxyl groups excluding tert-OH is 1. The molecule has 1 fully saturated rings. The fourth-order valence-corrected chi connectivity index (χ4v) is 1.51. The summed E-state index contributed by atoms with van der Waals surface area (Å²) in [5.74, 6) is -3.16. The van der Waals surface area contributed by atoms with E-state index in [1.165, 1.54) is 12.1 Å². The Kier molecular flexibility index (Phi) is 2.27. The van der Waals surface area contributed by atoms with Gasteiger partial charge in [-0.1, -0.05) is 24.3 Å². The van der Waals surface area contributed by atoms with Crippen molar-refractivity contribution in [2.24, 2.45) is 5.92 Å². The van der Waals surface area contributed by atoms with E-state index >= 15 is 0 Å². The molecule has 76 valence electrons. The van der Waals surface area contributed by atoms with E-state index in [1.54, 1.807) is 12.1 Å². The minimum atomic E-state index is -2.69. The third kappa shape index (κ3) is 1.64. The van der Waals surface area contributed by atoms with Gasteiger partial charge in [-0.05, 0) is 18.4 Å². The lowest BCUT2D eigenvalue weighted by Gasteiger charge is -2.15. The molecule has 0 radical (unpaired) electrons. The molecule has 0 spiro atoms. The van der Waals surface area contributed by atoms with Crippen LogP contribution in [0.3, 0.4) is 0 Å². The van der Waals surface area contributed by atoms with Crippen LogP contribution in [0.4, 0.5) is 8.78 Å². The van der Waals surface area contributed by atoms with Crippen LogP contribution in [-0.4, -0.2) is 5.11 Å². The van der Waals surface area contributed by atoms with Crippen LogP contribution in [0, 0.1) is 5.92 Å². The van der Waals surface area contributed by atoms with Gasteiger partial charge in [0.1, 0.15) is 0 Å². The Bertz CT molecular complexity index is 315. The third-order valence-corrected chi connectivity index (χ3v) is 2.61. The highest BCUT2D eigenvalue weighted by Gasteiger charge is 2.47. The molecule has 0 unspecified atom stereocenters. The van der Waals surface area contributed by atoms with Crippen molar-refractivity contribution in [3.05, 3.63) is 35.4 Å². The summed E-state index contributed by atoms with van der Waals surface area (Å²) in [7, 11) is 0. The molecule has 1 aromatic carbocycles. The van der Waals surface area contributed by atoms with E-state index in [-0.39, 0.29) is 12.2 Å². The van der Waals surface area contributed by atoms with Gasteiger partial charge in [0.15, 0.2) is 0 Å². The Hall–Kier alpha value is -0.960. The van der Waals surface area contributed by atoms with E-state index in [4.69, 9.17) is 5.11 Å². The zero-order valence-corrected chi connectivity index (χ0v) is 7.71. The minimum absolute atomic E-state index is 0.0669. The molecular weight excluding hydrogens is 186 g/mol. The number of aliphatic hydroxyl groups is 1. The molecule has 1 nitrogen and oxygen atoms in total. The maximum Gasteiger partial charge on any atom is 0.276 e. The monoisotopic (exact) mass is 198 g/mol. The van der Waals surface area contributed by atoms with Gasteiger partial charge in [-0.25, -0.2) is 8.78 Å². The lowest BCUT2D eigenvalue weighted by Crippen LogP contribution is -2.15. The second kappa shape index (κ2) is 3.31. The van der Waals surface area contributed by atoms with Crippen molar-refractivity contribution in [3.63, 3.8) is 0 Å². The van der Waals surface area contributed by atoms with Crippen molar-refractivity contribution < 1.29 is 13.9 Å². The molecule has 0 saturated heterocycles. The van der Waals surface area contributed by atoms with Crippen molar-refractivity contribution in [2.75, 3.05) is 0 Å². The smallest absolute Gasteiger partial charge is 0.276 e. The Morgan fingerprint density at radius 2 is 1.79 bits per heavy atom. The quantitative estimate of drug-likeness (QED) is 0.791. The van der Waals surface area contributed by atoms with Crippen LogP contribution in [0.1, 0.15) is 24.0 Å². The molecule has 1 saturated carbocycles. The van der Waals surface area contributed by atoms with Gasteiger partial charge < -0.3 is 5.11 Å². The molecule has 2 rings (SSSR count). The molecular formula is C11H12F2O. The molecule has 1 aliphatic rings. The number of alkyl halides is 2. The fourth-order valence-electron chi connectivity index (χ4n) is 1.51. The van der Waals surface area contributed by atoms with Gasteiger partial charge in [-0.3, -0.25) is 0 Å². The summed E-state index contributed by atoms with van der Waals surface area (Å²) < 4.78 is 27.0. The van der Waals surface area contributed by atoms with Gasteiger partial charge in [0.05, 0.1) is 6.61 Å². The van der Waals surface area contributed by atoms with Crippen molar-refractivity contribution in [2.45, 2.75) is 25.4 Å². The second-order valence-corrected chi connectivity index (χ2v) is 3.75. The highest BCUT2D eigenvalue weighted by atomic mass is 19.3. The van der Waals surface area contributed by atoms with Gasteiger partial charge >= 0.3 is 0 Å². The molecule has 0 bridgehead atoms. The van der Waals surface area contributed by atoms with E-state index in [0.717, 1.165) is 0 Å². The molecule has 0 atom stereocenters. The highest BCUT2D eigenvalue weighted by molar-refractivity contribution is 5.26. The Balaban J connectivity index is 2.23. The average molecular weight is 198 g/mol. The zero-order chi connectivity index (χ0) is 10.2. The molecule has 0 aromatic heterocycles. The second-order valence-electron chi connectivity index (χ2n) is 3.75. The number of halogens is 2. The standard InChI is InChI=1S/C11H12F2O/c12-11(13,10-5-6-10)9-3-1-8(7-14)2-4-9/h1-4,10,14H,5-7H2. The first-order chi connectivity index (χ1) is 6.64. The first-order valence-corrected chi connectivity index (χ1v) is 4.72. The summed E-state index contributed by atoms with van der Waals surface area (Å²) in [6, 6.07) is 5.91. The maximum absolute atomic E-state index is 13.5. The molecule has 1 aromatic rings. The van der Waals surface area contributed by atoms with Gasteiger partial charge in [-0.15, -0.1) is 0 Å². The number of benzene rings is 1. The molecule has 1 N–H and O–H groups in total. The minimum Gasteiger partial charge on any atom is -0.392 e. The Morgan fingerprint density at radius 3 is 2.21 bits per heavy atom. The number of hydrogen-bond donors (Lipinski definition) is 1. The predicted octanol–water partition coefficient (Wildman–Crippen LogP) is 2.68. The van der Waals surface area contributed by atoms with Crippen LogP contribution in [0.15, 0.2) is 24.3 Å². The average Bonchev–Trinajstić information content (AvgIpc) is 3.01. The van der Waals surface area contributed by atoms with Crippen LogP contribution in [0.25, 0.3) is 0 Å². The van der Waals surface area contributed by atoms with Crippen molar-refractivity contribution in [1.29, 1.82) is 0 Å². The van der Waals surface area contributed by atoms with Gasteiger partial charge in [0.2, 0.25) is 0 Å². The molecule has 14 heavy (non-hydrogen) atoms. The SMILES string of the molecule is OCc1ccc(C(F)(F)C2CC2)cc1. The van der Waals surface area contributed by atoms with Gasteiger partial charge in [-0.2, -0.15) is 0 Å². The molecule has 3 heteroatoms. The largest absolute Gasteiger partial charge is 0.392 e. The molecule has 0 aliphatic heterocycles. The van der Waals surface area contributed by atoms with Crippen LogP contribution in [0.2, 0.25) is 0 Å². The summed E-state index contributed by atoms with van der Waals surface area (Å²) in [6.45, 7) is -0.102. The third-order valence-electron chi connectivity index (χ3n) is 2.61. The zero-order valence-electron chi connectivity index (χ0n) is 7.71. The lowest BCUT2D eigenvalue weighted by atomic mass is 10.0. The van der Waals surface area contributed by atoms with E-state index < -0.39 is 11.8 Å². The summed E-state index contributed by atoms with van der Waals surface area (Å²) in [5, 5.41) is 8.77. The Labute approximate surface area is 81.4 Å². The van der Waals surface area contributed by atoms with Crippen LogP contribution >= 0.6 is 0 Å². The normalized spacial score (nSPS) is 17.1.